The fraction of sp³-hybridized carbons (Fsp3) is 0.375. The molecule has 2 heterocycles. The lowest BCUT2D eigenvalue weighted by Crippen LogP contribution is -2.16. The lowest BCUT2D eigenvalue weighted by molar-refractivity contribution is 0.104. The van der Waals surface area contributed by atoms with Gasteiger partial charge in [0.1, 0.15) is 12.4 Å². The molecule has 112 valence electrons. The van der Waals surface area contributed by atoms with Crippen molar-refractivity contribution in [1.29, 1.82) is 0 Å². The van der Waals surface area contributed by atoms with Crippen molar-refractivity contribution in [3.05, 3.63) is 47.9 Å². The molecule has 21 heavy (non-hydrogen) atoms. The average molecular weight is 289 g/mol. The van der Waals surface area contributed by atoms with E-state index in [2.05, 4.69) is 5.32 Å². The normalized spacial score (nSPS) is 12.8. The fourth-order valence-electron chi connectivity index (χ4n) is 2.22. The lowest BCUT2D eigenvalue weighted by Gasteiger charge is -2.07. The molecule has 0 radical (unpaired) electrons. The standard InChI is InChI=1S/C16H19NO4/c1-4-13(16-15(6-1)20-12-21-16)10-17-7-3-8-18-11-14-5-2-9-19-14/h1-2,4-6,9,17H,3,7-8,10-12H2. The van der Waals surface area contributed by atoms with Crippen LogP contribution in [0.1, 0.15) is 17.7 Å². The molecule has 0 saturated heterocycles. The van der Waals surface area contributed by atoms with Crippen LogP contribution in [0.15, 0.2) is 41.0 Å². The van der Waals surface area contributed by atoms with Crippen molar-refractivity contribution in [2.24, 2.45) is 0 Å². The maximum absolute atomic E-state index is 5.53. The van der Waals surface area contributed by atoms with E-state index in [4.69, 9.17) is 18.6 Å². The summed E-state index contributed by atoms with van der Waals surface area (Å²) in [5, 5.41) is 3.39. The Morgan fingerprint density at radius 1 is 1.14 bits per heavy atom. The van der Waals surface area contributed by atoms with E-state index in [-0.39, 0.29) is 0 Å². The highest BCUT2D eigenvalue weighted by atomic mass is 16.7. The Hall–Kier alpha value is -1.98. The molecule has 1 aromatic carbocycles. The zero-order chi connectivity index (χ0) is 14.3. The molecule has 1 N–H and O–H groups in total. The Morgan fingerprint density at radius 3 is 3.05 bits per heavy atom. The van der Waals surface area contributed by atoms with Gasteiger partial charge in [0.25, 0.3) is 0 Å². The molecular formula is C16H19NO4. The predicted octanol–water partition coefficient (Wildman–Crippen LogP) is 2.70. The van der Waals surface area contributed by atoms with Crippen LogP contribution in [0.4, 0.5) is 0 Å². The summed E-state index contributed by atoms with van der Waals surface area (Å²) in [4.78, 5) is 0. The molecular weight excluding hydrogens is 270 g/mol. The number of ether oxygens (including phenoxy) is 3. The van der Waals surface area contributed by atoms with Gasteiger partial charge in [-0.2, -0.15) is 0 Å². The highest BCUT2D eigenvalue weighted by molar-refractivity contribution is 5.48. The molecule has 3 rings (SSSR count). The molecule has 5 nitrogen and oxygen atoms in total. The smallest absolute Gasteiger partial charge is 0.231 e. The summed E-state index contributed by atoms with van der Waals surface area (Å²) in [5.41, 5.74) is 1.13. The summed E-state index contributed by atoms with van der Waals surface area (Å²) >= 11 is 0. The van der Waals surface area contributed by atoms with Gasteiger partial charge in [0.15, 0.2) is 11.5 Å². The molecule has 0 spiro atoms. The third-order valence-corrected chi connectivity index (χ3v) is 3.26. The van der Waals surface area contributed by atoms with Crippen molar-refractivity contribution in [2.75, 3.05) is 19.9 Å². The molecule has 0 atom stereocenters. The Kier molecular flexibility index (Phi) is 4.76. The van der Waals surface area contributed by atoms with Crippen LogP contribution in [-0.2, 0) is 17.9 Å². The molecule has 0 unspecified atom stereocenters. The lowest BCUT2D eigenvalue weighted by atomic mass is 10.2. The van der Waals surface area contributed by atoms with Gasteiger partial charge in [-0.3, -0.25) is 0 Å². The first-order valence-electron chi connectivity index (χ1n) is 7.12. The van der Waals surface area contributed by atoms with E-state index < -0.39 is 0 Å². The number of para-hydroxylation sites is 1. The van der Waals surface area contributed by atoms with Gasteiger partial charge < -0.3 is 23.9 Å². The third kappa shape index (κ3) is 3.77. The zero-order valence-corrected chi connectivity index (χ0v) is 11.8. The first-order chi connectivity index (χ1) is 10.4. The second-order valence-electron chi connectivity index (χ2n) is 4.81. The van der Waals surface area contributed by atoms with Gasteiger partial charge in [-0.25, -0.2) is 0 Å². The minimum Gasteiger partial charge on any atom is -0.467 e. The van der Waals surface area contributed by atoms with Crippen LogP contribution in [0.2, 0.25) is 0 Å². The molecule has 2 aromatic rings. The third-order valence-electron chi connectivity index (χ3n) is 3.26. The van der Waals surface area contributed by atoms with Crippen LogP contribution in [0, 0.1) is 0 Å². The fourth-order valence-corrected chi connectivity index (χ4v) is 2.22. The number of benzene rings is 1. The average Bonchev–Trinajstić information content (AvgIpc) is 3.17. The van der Waals surface area contributed by atoms with Gasteiger partial charge in [-0.05, 0) is 31.2 Å². The van der Waals surface area contributed by atoms with Crippen molar-refractivity contribution in [2.45, 2.75) is 19.6 Å². The predicted molar refractivity (Wildman–Crippen MR) is 77.3 cm³/mol. The van der Waals surface area contributed by atoms with Crippen LogP contribution < -0.4 is 14.8 Å². The Balaban J connectivity index is 1.31. The Bertz CT molecular complexity index is 553. The quantitative estimate of drug-likeness (QED) is 0.757. The second kappa shape index (κ2) is 7.15. The van der Waals surface area contributed by atoms with E-state index in [9.17, 15) is 0 Å². The maximum atomic E-state index is 5.53. The molecule has 0 saturated carbocycles. The van der Waals surface area contributed by atoms with Crippen LogP contribution in [0.25, 0.3) is 0 Å². The van der Waals surface area contributed by atoms with E-state index in [1.165, 1.54) is 0 Å². The number of nitrogens with one attached hydrogen (secondary N) is 1. The van der Waals surface area contributed by atoms with Gasteiger partial charge in [-0.1, -0.05) is 12.1 Å². The highest BCUT2D eigenvalue weighted by Crippen LogP contribution is 2.35. The first-order valence-corrected chi connectivity index (χ1v) is 7.12. The first kappa shape index (κ1) is 14.0. The monoisotopic (exact) mass is 289 g/mol. The minimum atomic E-state index is 0.312. The summed E-state index contributed by atoms with van der Waals surface area (Å²) < 4.78 is 21.5. The highest BCUT2D eigenvalue weighted by Gasteiger charge is 2.16. The van der Waals surface area contributed by atoms with E-state index in [1.54, 1.807) is 6.26 Å². The summed E-state index contributed by atoms with van der Waals surface area (Å²) in [6, 6.07) is 9.74. The van der Waals surface area contributed by atoms with Crippen molar-refractivity contribution < 1.29 is 18.6 Å². The van der Waals surface area contributed by atoms with Gasteiger partial charge >= 0.3 is 0 Å². The topological polar surface area (TPSA) is 52.9 Å². The van der Waals surface area contributed by atoms with Crippen LogP contribution in [0.5, 0.6) is 11.5 Å². The molecule has 0 aliphatic carbocycles. The number of furan rings is 1. The van der Waals surface area contributed by atoms with Gasteiger partial charge in [0.2, 0.25) is 6.79 Å². The Labute approximate surface area is 123 Å². The van der Waals surface area contributed by atoms with Crippen molar-refractivity contribution in [1.82, 2.24) is 5.32 Å². The van der Waals surface area contributed by atoms with Crippen LogP contribution in [-0.4, -0.2) is 19.9 Å². The summed E-state index contributed by atoms with van der Waals surface area (Å²) in [6.45, 7) is 3.21. The molecule has 0 fully saturated rings. The second-order valence-corrected chi connectivity index (χ2v) is 4.81. The van der Waals surface area contributed by atoms with Gasteiger partial charge in [0.05, 0.1) is 6.26 Å². The minimum absolute atomic E-state index is 0.312. The van der Waals surface area contributed by atoms with Gasteiger partial charge in [0, 0.05) is 18.7 Å². The van der Waals surface area contributed by atoms with E-state index in [0.717, 1.165) is 42.3 Å². The number of fused-ring (bicyclic) bond motifs is 1. The van der Waals surface area contributed by atoms with Gasteiger partial charge in [-0.15, -0.1) is 0 Å². The molecule has 1 aliphatic rings. The molecule has 5 heteroatoms. The van der Waals surface area contributed by atoms with E-state index in [1.807, 2.05) is 30.3 Å². The number of rotatable bonds is 8. The zero-order valence-electron chi connectivity index (χ0n) is 11.8. The number of hydrogen-bond donors (Lipinski definition) is 1. The van der Waals surface area contributed by atoms with Crippen molar-refractivity contribution in [3.63, 3.8) is 0 Å². The van der Waals surface area contributed by atoms with Crippen molar-refractivity contribution in [3.8, 4) is 11.5 Å². The summed E-state index contributed by atoms with van der Waals surface area (Å²) in [6.07, 6.45) is 2.61. The van der Waals surface area contributed by atoms with Crippen LogP contribution >= 0.6 is 0 Å². The van der Waals surface area contributed by atoms with Crippen LogP contribution in [0.3, 0.4) is 0 Å². The van der Waals surface area contributed by atoms with Crippen molar-refractivity contribution >= 4 is 0 Å². The molecule has 1 aliphatic heterocycles. The molecule has 0 bridgehead atoms. The SMILES string of the molecule is c1coc(COCCCNCc2cccc3c2OCO3)c1. The molecule has 1 aromatic heterocycles. The summed E-state index contributed by atoms with van der Waals surface area (Å²) in [5.74, 6) is 2.55. The Morgan fingerprint density at radius 2 is 2.14 bits per heavy atom. The largest absolute Gasteiger partial charge is 0.467 e. The summed E-state index contributed by atoms with van der Waals surface area (Å²) in [7, 11) is 0. The molecule has 0 amide bonds. The van der Waals surface area contributed by atoms with E-state index >= 15 is 0 Å². The number of hydrogen-bond acceptors (Lipinski definition) is 5. The maximum Gasteiger partial charge on any atom is 0.231 e. The van der Waals surface area contributed by atoms with E-state index in [0.29, 0.717) is 20.0 Å².